The van der Waals surface area contributed by atoms with E-state index in [1.165, 1.54) is 6.20 Å². The van der Waals surface area contributed by atoms with Gasteiger partial charge in [-0.05, 0) is 31.2 Å². The standard InChI is InChI=1S/C14H13Cl2N3O/c1-2-17-12-7-6-9(8-18-12)14(20)19-13-10(15)4-3-5-11(13)16/h3-8H,2H2,1H3,(H,17,18)(H,19,20). The summed E-state index contributed by atoms with van der Waals surface area (Å²) >= 11 is 12.0. The van der Waals surface area contributed by atoms with Crippen molar-refractivity contribution in [2.75, 3.05) is 17.2 Å². The summed E-state index contributed by atoms with van der Waals surface area (Å²) in [5.74, 6) is 0.412. The SMILES string of the molecule is CCNc1ccc(C(=O)Nc2c(Cl)cccc2Cl)cn1. The van der Waals surface area contributed by atoms with E-state index in [-0.39, 0.29) is 5.91 Å². The molecule has 1 heterocycles. The maximum atomic E-state index is 12.1. The number of anilines is 2. The predicted molar refractivity (Wildman–Crippen MR) is 82.8 cm³/mol. The van der Waals surface area contributed by atoms with Gasteiger partial charge in [-0.1, -0.05) is 29.3 Å². The van der Waals surface area contributed by atoms with Crippen LogP contribution in [0.4, 0.5) is 11.5 Å². The van der Waals surface area contributed by atoms with Crippen molar-refractivity contribution >= 4 is 40.6 Å². The molecule has 6 heteroatoms. The van der Waals surface area contributed by atoms with Crippen molar-refractivity contribution < 1.29 is 4.79 Å². The molecule has 0 aliphatic rings. The van der Waals surface area contributed by atoms with E-state index in [4.69, 9.17) is 23.2 Å². The summed E-state index contributed by atoms with van der Waals surface area (Å²) in [7, 11) is 0. The van der Waals surface area contributed by atoms with Crippen LogP contribution < -0.4 is 10.6 Å². The first-order chi connectivity index (χ1) is 9.61. The summed E-state index contributed by atoms with van der Waals surface area (Å²) in [5, 5.41) is 6.52. The Morgan fingerprint density at radius 1 is 1.20 bits per heavy atom. The summed E-state index contributed by atoms with van der Waals surface area (Å²) < 4.78 is 0. The van der Waals surface area contributed by atoms with Crippen molar-refractivity contribution in [3.8, 4) is 0 Å². The molecule has 0 bridgehead atoms. The molecule has 0 aliphatic heterocycles. The molecule has 1 aromatic heterocycles. The third-order valence-corrected chi connectivity index (χ3v) is 3.21. The molecule has 1 amide bonds. The lowest BCUT2D eigenvalue weighted by Crippen LogP contribution is -2.13. The molecule has 0 radical (unpaired) electrons. The number of nitrogens with zero attached hydrogens (tertiary/aromatic N) is 1. The second-order valence-electron chi connectivity index (χ2n) is 4.01. The largest absolute Gasteiger partial charge is 0.370 e. The van der Waals surface area contributed by atoms with Gasteiger partial charge in [0.2, 0.25) is 0 Å². The minimum atomic E-state index is -0.310. The summed E-state index contributed by atoms with van der Waals surface area (Å²) in [5.41, 5.74) is 0.833. The highest BCUT2D eigenvalue weighted by molar-refractivity contribution is 6.40. The Morgan fingerprint density at radius 2 is 1.90 bits per heavy atom. The molecule has 20 heavy (non-hydrogen) atoms. The van der Waals surface area contributed by atoms with Gasteiger partial charge in [0.25, 0.3) is 5.91 Å². The number of halogens is 2. The Morgan fingerprint density at radius 3 is 2.45 bits per heavy atom. The Kier molecular flexibility index (Phi) is 4.82. The lowest BCUT2D eigenvalue weighted by molar-refractivity contribution is 0.102. The third kappa shape index (κ3) is 3.40. The van der Waals surface area contributed by atoms with E-state index < -0.39 is 0 Å². The van der Waals surface area contributed by atoms with Gasteiger partial charge in [0.05, 0.1) is 21.3 Å². The lowest BCUT2D eigenvalue weighted by Gasteiger charge is -2.09. The topological polar surface area (TPSA) is 54.0 Å². The molecule has 2 rings (SSSR count). The zero-order chi connectivity index (χ0) is 14.5. The van der Waals surface area contributed by atoms with Crippen molar-refractivity contribution in [1.82, 2.24) is 4.98 Å². The minimum Gasteiger partial charge on any atom is -0.370 e. The summed E-state index contributed by atoms with van der Waals surface area (Å²) in [6, 6.07) is 8.47. The zero-order valence-corrected chi connectivity index (χ0v) is 12.3. The van der Waals surface area contributed by atoms with Crippen LogP contribution in [0.15, 0.2) is 36.5 Å². The summed E-state index contributed by atoms with van der Waals surface area (Å²) in [4.78, 5) is 16.2. The average Bonchev–Trinajstić information content (AvgIpc) is 2.44. The van der Waals surface area contributed by atoms with Crippen molar-refractivity contribution in [1.29, 1.82) is 0 Å². The van der Waals surface area contributed by atoms with Gasteiger partial charge in [-0.3, -0.25) is 4.79 Å². The van der Waals surface area contributed by atoms with E-state index in [1.807, 2.05) is 6.92 Å². The second-order valence-corrected chi connectivity index (χ2v) is 4.83. The van der Waals surface area contributed by atoms with Crippen LogP contribution in [-0.2, 0) is 0 Å². The molecule has 1 aromatic carbocycles. The maximum absolute atomic E-state index is 12.1. The Bertz CT molecular complexity index is 594. The van der Waals surface area contributed by atoms with Gasteiger partial charge in [0.1, 0.15) is 5.82 Å². The molecule has 104 valence electrons. The molecule has 0 fully saturated rings. The quantitative estimate of drug-likeness (QED) is 0.895. The van der Waals surface area contributed by atoms with Gasteiger partial charge in [0, 0.05) is 12.7 Å². The number of pyridine rings is 1. The normalized spacial score (nSPS) is 10.2. The number of nitrogens with one attached hydrogen (secondary N) is 2. The first kappa shape index (κ1) is 14.6. The van der Waals surface area contributed by atoms with Crippen LogP contribution in [0.25, 0.3) is 0 Å². The number of rotatable bonds is 4. The molecule has 0 unspecified atom stereocenters. The molecular formula is C14H13Cl2N3O. The lowest BCUT2D eigenvalue weighted by atomic mass is 10.2. The number of para-hydroxylation sites is 1. The fraction of sp³-hybridized carbons (Fsp3) is 0.143. The van der Waals surface area contributed by atoms with Crippen LogP contribution in [-0.4, -0.2) is 17.4 Å². The molecule has 0 saturated heterocycles. The highest BCUT2D eigenvalue weighted by Crippen LogP contribution is 2.30. The zero-order valence-electron chi connectivity index (χ0n) is 10.8. The van der Waals surface area contributed by atoms with Gasteiger partial charge in [-0.2, -0.15) is 0 Å². The van der Waals surface area contributed by atoms with E-state index in [0.717, 1.165) is 12.4 Å². The van der Waals surface area contributed by atoms with Crippen LogP contribution >= 0.6 is 23.2 Å². The summed E-state index contributed by atoms with van der Waals surface area (Å²) in [6.07, 6.45) is 1.50. The second kappa shape index (κ2) is 6.59. The van der Waals surface area contributed by atoms with E-state index in [2.05, 4.69) is 15.6 Å². The monoisotopic (exact) mass is 309 g/mol. The molecule has 0 saturated carbocycles. The molecular weight excluding hydrogens is 297 g/mol. The average molecular weight is 310 g/mol. The minimum absolute atomic E-state index is 0.310. The van der Waals surface area contributed by atoms with Gasteiger partial charge in [-0.25, -0.2) is 4.98 Å². The number of benzene rings is 1. The van der Waals surface area contributed by atoms with E-state index in [0.29, 0.717) is 21.3 Å². The number of amides is 1. The van der Waals surface area contributed by atoms with Crippen LogP contribution in [0.5, 0.6) is 0 Å². The van der Waals surface area contributed by atoms with E-state index in [9.17, 15) is 4.79 Å². The smallest absolute Gasteiger partial charge is 0.257 e. The van der Waals surface area contributed by atoms with Crippen molar-refractivity contribution in [2.45, 2.75) is 6.92 Å². The summed E-state index contributed by atoms with van der Waals surface area (Å²) in [6.45, 7) is 2.75. The number of aromatic nitrogens is 1. The molecule has 0 spiro atoms. The highest BCUT2D eigenvalue weighted by atomic mass is 35.5. The van der Waals surface area contributed by atoms with Crippen molar-refractivity contribution in [3.05, 3.63) is 52.1 Å². The third-order valence-electron chi connectivity index (χ3n) is 2.58. The molecule has 2 N–H and O–H groups in total. The molecule has 4 nitrogen and oxygen atoms in total. The fourth-order valence-corrected chi connectivity index (χ4v) is 2.11. The number of hydrogen-bond acceptors (Lipinski definition) is 3. The fourth-order valence-electron chi connectivity index (χ4n) is 1.62. The van der Waals surface area contributed by atoms with Gasteiger partial charge in [0.15, 0.2) is 0 Å². The van der Waals surface area contributed by atoms with Crippen LogP contribution in [0.2, 0.25) is 10.0 Å². The van der Waals surface area contributed by atoms with Crippen molar-refractivity contribution in [2.24, 2.45) is 0 Å². The maximum Gasteiger partial charge on any atom is 0.257 e. The van der Waals surface area contributed by atoms with Gasteiger partial charge in [-0.15, -0.1) is 0 Å². The van der Waals surface area contributed by atoms with E-state index >= 15 is 0 Å². The van der Waals surface area contributed by atoms with Crippen molar-refractivity contribution in [3.63, 3.8) is 0 Å². The van der Waals surface area contributed by atoms with Gasteiger partial charge < -0.3 is 10.6 Å². The van der Waals surface area contributed by atoms with Crippen LogP contribution in [0, 0.1) is 0 Å². The van der Waals surface area contributed by atoms with Crippen LogP contribution in [0.3, 0.4) is 0 Å². The molecule has 0 atom stereocenters. The Labute approximate surface area is 127 Å². The van der Waals surface area contributed by atoms with E-state index in [1.54, 1.807) is 30.3 Å². The Hall–Kier alpha value is -1.78. The Balaban J connectivity index is 2.16. The first-order valence-electron chi connectivity index (χ1n) is 6.07. The number of hydrogen-bond donors (Lipinski definition) is 2. The van der Waals surface area contributed by atoms with Gasteiger partial charge >= 0.3 is 0 Å². The molecule has 2 aromatic rings. The number of carbonyl (C=O) groups excluding carboxylic acids is 1. The highest BCUT2D eigenvalue weighted by Gasteiger charge is 2.11. The number of carbonyl (C=O) groups is 1. The predicted octanol–water partition coefficient (Wildman–Crippen LogP) is 4.07. The van der Waals surface area contributed by atoms with Crippen LogP contribution in [0.1, 0.15) is 17.3 Å². The molecule has 0 aliphatic carbocycles. The first-order valence-corrected chi connectivity index (χ1v) is 6.82.